The molecular weight excluding hydrogens is 498 g/mol. The van der Waals surface area contributed by atoms with Crippen molar-refractivity contribution in [3.05, 3.63) is 75.2 Å². The molecule has 1 saturated heterocycles. The largest absolute Gasteiger partial charge is 0.414 e. The summed E-state index contributed by atoms with van der Waals surface area (Å²) in [6.07, 6.45) is 0.232. The number of carbonyl (C=O) groups excluding carboxylic acids is 2. The summed E-state index contributed by atoms with van der Waals surface area (Å²) in [5, 5.41) is 12.5. The van der Waals surface area contributed by atoms with Gasteiger partial charge in [-0.1, -0.05) is 54.1 Å². The number of aromatic nitrogens is 2. The molecule has 0 radical (unpaired) electrons. The summed E-state index contributed by atoms with van der Waals surface area (Å²) in [5.41, 5.74) is 1.56. The minimum Gasteiger partial charge on any atom is -0.388 e. The van der Waals surface area contributed by atoms with E-state index in [1.807, 2.05) is 18.2 Å². The monoisotopic (exact) mass is 517 g/mol. The van der Waals surface area contributed by atoms with Gasteiger partial charge in [0.25, 0.3) is 11.8 Å². The van der Waals surface area contributed by atoms with Gasteiger partial charge in [0.2, 0.25) is 0 Å². The number of ether oxygens (including phenoxy) is 1. The molecule has 2 aromatic carbocycles. The van der Waals surface area contributed by atoms with Crippen molar-refractivity contribution < 1.29 is 14.3 Å². The van der Waals surface area contributed by atoms with Gasteiger partial charge >= 0.3 is 6.09 Å². The third-order valence-electron chi connectivity index (χ3n) is 5.07. The Hall–Kier alpha value is -2.88. The van der Waals surface area contributed by atoms with Gasteiger partial charge in [-0.25, -0.2) is 4.79 Å². The van der Waals surface area contributed by atoms with E-state index in [1.54, 1.807) is 24.3 Å². The fraction of sp³-hybridized carbons (Fsp3) is 0.227. The second kappa shape index (κ2) is 10.2. The third kappa shape index (κ3) is 5.48. The Balaban J connectivity index is 1.29. The zero-order chi connectivity index (χ0) is 22.5. The number of carbonyl (C=O) groups is 2. The van der Waals surface area contributed by atoms with Crippen molar-refractivity contribution in [1.82, 2.24) is 20.4 Å². The lowest BCUT2D eigenvalue weighted by molar-refractivity contribution is 0.102. The molecule has 1 fully saturated rings. The lowest BCUT2D eigenvalue weighted by Crippen LogP contribution is -2.38. The summed E-state index contributed by atoms with van der Waals surface area (Å²) in [6.45, 7) is 2.47. The van der Waals surface area contributed by atoms with Gasteiger partial charge in [-0.15, -0.1) is 5.10 Å². The summed E-state index contributed by atoms with van der Waals surface area (Å²) in [6, 6.07) is 16.9. The zero-order valence-electron chi connectivity index (χ0n) is 17.0. The van der Waals surface area contributed by atoms with E-state index >= 15 is 0 Å². The van der Waals surface area contributed by atoms with E-state index in [0.29, 0.717) is 15.1 Å². The number of amides is 2. The van der Waals surface area contributed by atoms with Crippen molar-refractivity contribution in [2.75, 3.05) is 18.4 Å². The van der Waals surface area contributed by atoms with Gasteiger partial charge in [0.15, 0.2) is 0 Å². The molecule has 32 heavy (non-hydrogen) atoms. The van der Waals surface area contributed by atoms with Crippen LogP contribution in [0.25, 0.3) is 0 Å². The molecular formula is C22H21BrClN5O3. The number of rotatable bonds is 6. The second-order valence-corrected chi connectivity index (χ2v) is 8.59. The Labute approximate surface area is 198 Å². The van der Waals surface area contributed by atoms with Gasteiger partial charge in [-0.2, -0.15) is 0 Å². The minimum atomic E-state index is -0.604. The zero-order valence-corrected chi connectivity index (χ0v) is 19.3. The van der Waals surface area contributed by atoms with E-state index in [-0.39, 0.29) is 17.7 Å². The van der Waals surface area contributed by atoms with E-state index in [0.717, 1.165) is 26.1 Å². The number of aromatic amines is 1. The maximum atomic E-state index is 12.4. The third-order valence-corrected chi connectivity index (χ3v) is 6.13. The quantitative estimate of drug-likeness (QED) is 0.448. The second-order valence-electron chi connectivity index (χ2n) is 7.39. The Morgan fingerprint density at radius 2 is 1.94 bits per heavy atom. The number of halogens is 2. The highest BCUT2D eigenvalue weighted by Crippen LogP contribution is 2.30. The average Bonchev–Trinajstić information content (AvgIpc) is 3.36. The molecule has 0 saturated carbocycles. The van der Waals surface area contributed by atoms with Gasteiger partial charge in [0.1, 0.15) is 10.3 Å². The number of anilines is 1. The van der Waals surface area contributed by atoms with Crippen LogP contribution in [0.2, 0.25) is 5.02 Å². The van der Waals surface area contributed by atoms with Crippen LogP contribution in [0.5, 0.6) is 5.88 Å². The molecule has 0 spiro atoms. The molecule has 8 nitrogen and oxygen atoms in total. The summed E-state index contributed by atoms with van der Waals surface area (Å²) >= 11 is 9.36. The number of nitrogens with one attached hydrogen (secondary N) is 3. The number of hydrogen-bond donors (Lipinski definition) is 3. The van der Waals surface area contributed by atoms with Crippen LogP contribution in [-0.4, -0.2) is 46.2 Å². The molecule has 4 rings (SSSR count). The molecule has 1 atom stereocenters. The molecule has 0 bridgehead atoms. The highest BCUT2D eigenvalue weighted by molar-refractivity contribution is 9.10. The van der Waals surface area contributed by atoms with Crippen LogP contribution in [0.3, 0.4) is 0 Å². The average molecular weight is 519 g/mol. The van der Waals surface area contributed by atoms with Gasteiger partial charge in [-0.3, -0.25) is 14.8 Å². The maximum Gasteiger partial charge on any atom is 0.414 e. The lowest BCUT2D eigenvalue weighted by Gasteiger charge is -2.16. The molecule has 2 amide bonds. The predicted octanol–water partition coefficient (Wildman–Crippen LogP) is 4.44. The van der Waals surface area contributed by atoms with Crippen molar-refractivity contribution >= 4 is 45.3 Å². The topological polar surface area (TPSA) is 99.3 Å². The smallest absolute Gasteiger partial charge is 0.388 e. The molecule has 10 heteroatoms. The molecule has 1 aromatic heterocycles. The first-order chi connectivity index (χ1) is 15.5. The summed E-state index contributed by atoms with van der Waals surface area (Å²) in [5.74, 6) is -0.135. The van der Waals surface area contributed by atoms with Gasteiger partial charge in [-0.05, 0) is 40.0 Å². The highest BCUT2D eigenvalue weighted by atomic mass is 79.9. The number of nitrogens with zero attached hydrogens (tertiary/aromatic N) is 2. The molecule has 3 N–H and O–H groups in total. The van der Waals surface area contributed by atoms with Gasteiger partial charge < -0.3 is 15.4 Å². The van der Waals surface area contributed by atoms with Crippen LogP contribution in [-0.2, 0) is 6.54 Å². The van der Waals surface area contributed by atoms with Crippen LogP contribution in [0.15, 0.2) is 59.1 Å². The van der Waals surface area contributed by atoms with Crippen LogP contribution in [0.4, 0.5) is 10.6 Å². The molecule has 1 aliphatic heterocycles. The van der Waals surface area contributed by atoms with E-state index in [1.165, 1.54) is 5.56 Å². The van der Waals surface area contributed by atoms with E-state index < -0.39 is 12.0 Å². The normalized spacial score (nSPS) is 16.0. The highest BCUT2D eigenvalue weighted by Gasteiger charge is 2.25. The predicted molar refractivity (Wildman–Crippen MR) is 125 cm³/mol. The molecule has 166 valence electrons. The number of H-pyrrole nitrogens is 1. The van der Waals surface area contributed by atoms with Crippen molar-refractivity contribution in [2.24, 2.45) is 0 Å². The Kier molecular flexibility index (Phi) is 7.09. The fourth-order valence-electron chi connectivity index (χ4n) is 3.51. The molecule has 1 aliphatic rings. The van der Waals surface area contributed by atoms with Gasteiger partial charge in [0.05, 0.1) is 10.6 Å². The van der Waals surface area contributed by atoms with E-state index in [9.17, 15) is 9.59 Å². The van der Waals surface area contributed by atoms with Crippen molar-refractivity contribution in [1.29, 1.82) is 0 Å². The number of likely N-dealkylation sites (tertiary alicyclic amines) is 1. The first kappa shape index (κ1) is 22.3. The number of benzene rings is 2. The summed E-state index contributed by atoms with van der Waals surface area (Å²) in [4.78, 5) is 27.1. The Bertz CT molecular complexity index is 1110. The van der Waals surface area contributed by atoms with Crippen LogP contribution < -0.4 is 15.4 Å². The van der Waals surface area contributed by atoms with Gasteiger partial charge in [0, 0.05) is 25.7 Å². The van der Waals surface area contributed by atoms with Crippen molar-refractivity contribution in [3.63, 3.8) is 0 Å². The maximum absolute atomic E-state index is 12.4. The molecule has 0 unspecified atom stereocenters. The molecule has 3 aromatic rings. The van der Waals surface area contributed by atoms with Crippen LogP contribution in [0.1, 0.15) is 22.3 Å². The summed E-state index contributed by atoms with van der Waals surface area (Å²) < 4.78 is 5.64. The lowest BCUT2D eigenvalue weighted by atomic mass is 10.2. The van der Waals surface area contributed by atoms with E-state index in [4.69, 9.17) is 16.3 Å². The first-order valence-corrected chi connectivity index (χ1v) is 11.2. The fourth-order valence-corrected chi connectivity index (χ4v) is 4.09. The number of hydrogen-bond acceptors (Lipinski definition) is 5. The SMILES string of the molecule is O=C(N[C@H]1CCN(Cc2ccccc2)C1)Oc1n[nH]c(NC(=O)c2ccccc2Cl)c1Br. The van der Waals surface area contributed by atoms with E-state index in [2.05, 4.69) is 53.8 Å². The standard InChI is InChI=1S/C22H21BrClN5O3/c23-18-19(26-20(30)16-8-4-5-9-17(16)24)27-28-21(18)32-22(31)25-15-10-11-29(13-15)12-14-6-2-1-3-7-14/h1-9,15H,10-13H2,(H,25,31)(H2,26,27,28,30)/t15-/m0/s1. The van der Waals surface area contributed by atoms with Crippen LogP contribution >= 0.6 is 27.5 Å². The van der Waals surface area contributed by atoms with Crippen LogP contribution in [0, 0.1) is 0 Å². The minimum absolute atomic E-state index is 0.0108. The Morgan fingerprint density at radius 3 is 2.72 bits per heavy atom. The molecule has 0 aliphatic carbocycles. The van der Waals surface area contributed by atoms with Crippen molar-refractivity contribution in [3.8, 4) is 5.88 Å². The molecule has 2 heterocycles. The summed E-state index contributed by atoms with van der Waals surface area (Å²) in [7, 11) is 0. The first-order valence-electron chi connectivity index (χ1n) is 10.0. The Morgan fingerprint density at radius 1 is 1.19 bits per heavy atom. The van der Waals surface area contributed by atoms with Crippen molar-refractivity contribution in [2.45, 2.75) is 19.0 Å².